The minimum absolute atomic E-state index is 0.146. The molecule has 2 aromatic carbocycles. The second kappa shape index (κ2) is 12.9. The standard InChI is InChI=1S/C24H27Cl2N3O3S/c1-3-4-5-6-12-32-20-11-10-16(13-21(20)31-2)15-27-29-24-28-23(30)22(33-24)14-17-18(25)8-7-9-19(17)26/h7-11,13,15,22H,3-6,12,14H2,1-2H3,(H,28,29,30)/b27-15-/t22-/m0/s1. The van der Waals surface area contributed by atoms with Crippen molar-refractivity contribution in [2.75, 3.05) is 13.7 Å². The van der Waals surface area contributed by atoms with Crippen molar-refractivity contribution in [2.24, 2.45) is 10.2 Å². The van der Waals surface area contributed by atoms with Gasteiger partial charge in [-0.25, -0.2) is 0 Å². The SMILES string of the molecule is CCCCCCOc1ccc(/C=N\N=C2/NC(=O)[C@H](Cc3c(Cl)cccc3Cl)S2)cc1OC. The predicted molar refractivity (Wildman–Crippen MR) is 137 cm³/mol. The fourth-order valence-corrected chi connectivity index (χ4v) is 4.73. The van der Waals surface area contributed by atoms with Crippen LogP contribution in [-0.2, 0) is 11.2 Å². The predicted octanol–water partition coefficient (Wildman–Crippen LogP) is 6.13. The van der Waals surface area contributed by atoms with E-state index < -0.39 is 0 Å². The van der Waals surface area contributed by atoms with Gasteiger partial charge in [-0.2, -0.15) is 5.10 Å². The number of nitrogens with one attached hydrogen (secondary N) is 1. The van der Waals surface area contributed by atoms with E-state index in [0.717, 1.165) is 24.0 Å². The van der Waals surface area contributed by atoms with E-state index in [1.807, 2.05) is 18.2 Å². The lowest BCUT2D eigenvalue weighted by molar-refractivity contribution is -0.118. The van der Waals surface area contributed by atoms with Crippen LogP contribution in [0, 0.1) is 0 Å². The van der Waals surface area contributed by atoms with E-state index in [0.29, 0.717) is 39.7 Å². The van der Waals surface area contributed by atoms with E-state index in [1.54, 1.807) is 31.5 Å². The lowest BCUT2D eigenvalue weighted by Crippen LogP contribution is -2.26. The third kappa shape index (κ3) is 7.39. The van der Waals surface area contributed by atoms with Crippen molar-refractivity contribution >= 4 is 52.3 Å². The van der Waals surface area contributed by atoms with Gasteiger partial charge in [0.05, 0.1) is 25.2 Å². The number of hydrogen-bond donors (Lipinski definition) is 1. The highest BCUT2D eigenvalue weighted by atomic mass is 35.5. The lowest BCUT2D eigenvalue weighted by atomic mass is 10.1. The Balaban J connectivity index is 1.58. The number of ether oxygens (including phenoxy) is 2. The molecule has 33 heavy (non-hydrogen) atoms. The number of carbonyl (C=O) groups excluding carboxylic acids is 1. The Morgan fingerprint density at radius 3 is 2.64 bits per heavy atom. The van der Waals surface area contributed by atoms with Gasteiger partial charge in [0.25, 0.3) is 0 Å². The second-order valence-corrected chi connectivity index (χ2v) is 9.48. The van der Waals surface area contributed by atoms with Crippen LogP contribution in [0.3, 0.4) is 0 Å². The van der Waals surface area contributed by atoms with Crippen LogP contribution in [0.5, 0.6) is 11.5 Å². The lowest BCUT2D eigenvalue weighted by Gasteiger charge is -2.11. The summed E-state index contributed by atoms with van der Waals surface area (Å²) in [5.41, 5.74) is 1.56. The zero-order valence-electron chi connectivity index (χ0n) is 18.6. The van der Waals surface area contributed by atoms with Crippen LogP contribution in [0.4, 0.5) is 0 Å². The Morgan fingerprint density at radius 1 is 1.12 bits per heavy atom. The van der Waals surface area contributed by atoms with Crippen LogP contribution in [-0.4, -0.2) is 36.3 Å². The van der Waals surface area contributed by atoms with Gasteiger partial charge in [0.2, 0.25) is 5.91 Å². The molecule has 0 unspecified atom stereocenters. The molecule has 176 valence electrons. The molecule has 0 saturated carbocycles. The van der Waals surface area contributed by atoms with Crippen LogP contribution >= 0.6 is 35.0 Å². The number of unbranched alkanes of at least 4 members (excludes halogenated alkanes) is 3. The maximum Gasteiger partial charge on any atom is 0.239 e. The molecule has 1 aliphatic rings. The van der Waals surface area contributed by atoms with Crippen molar-refractivity contribution in [1.82, 2.24) is 5.32 Å². The summed E-state index contributed by atoms with van der Waals surface area (Å²) in [5, 5.41) is 12.2. The Bertz CT molecular complexity index is 1010. The normalized spacial score (nSPS) is 17.0. The van der Waals surface area contributed by atoms with Gasteiger partial charge < -0.3 is 14.8 Å². The summed E-state index contributed by atoms with van der Waals surface area (Å²) in [6.07, 6.45) is 6.60. The molecule has 0 spiro atoms. The zero-order chi connectivity index (χ0) is 23.6. The molecule has 1 heterocycles. The van der Waals surface area contributed by atoms with Crippen molar-refractivity contribution in [3.05, 3.63) is 57.6 Å². The Hall–Kier alpha value is -2.22. The summed E-state index contributed by atoms with van der Waals surface area (Å²) >= 11 is 13.8. The van der Waals surface area contributed by atoms with Gasteiger partial charge in [0.1, 0.15) is 0 Å². The topological polar surface area (TPSA) is 72.3 Å². The molecule has 1 amide bonds. The number of hydrogen-bond acceptors (Lipinski definition) is 6. The first-order chi connectivity index (χ1) is 16.0. The maximum absolute atomic E-state index is 12.3. The van der Waals surface area contributed by atoms with Crippen molar-refractivity contribution in [3.63, 3.8) is 0 Å². The highest BCUT2D eigenvalue weighted by Gasteiger charge is 2.31. The van der Waals surface area contributed by atoms with Gasteiger partial charge in [0.15, 0.2) is 16.7 Å². The third-order valence-corrected chi connectivity index (χ3v) is 6.81. The number of rotatable bonds is 11. The molecule has 1 aliphatic heterocycles. The first-order valence-electron chi connectivity index (χ1n) is 10.8. The number of nitrogens with zero attached hydrogens (tertiary/aromatic N) is 2. The van der Waals surface area contributed by atoms with Gasteiger partial charge in [-0.05, 0) is 54.3 Å². The number of amidine groups is 1. The summed E-state index contributed by atoms with van der Waals surface area (Å²) in [7, 11) is 1.61. The van der Waals surface area contributed by atoms with E-state index in [2.05, 4.69) is 22.4 Å². The molecule has 1 atom stereocenters. The summed E-state index contributed by atoms with van der Waals surface area (Å²) in [6.45, 7) is 2.85. The number of carbonyl (C=O) groups is 1. The number of thioether (sulfide) groups is 1. The Morgan fingerprint density at radius 2 is 1.91 bits per heavy atom. The Labute approximate surface area is 208 Å². The van der Waals surface area contributed by atoms with E-state index in [4.69, 9.17) is 32.7 Å². The summed E-state index contributed by atoms with van der Waals surface area (Å²) < 4.78 is 11.3. The number of amides is 1. The van der Waals surface area contributed by atoms with Crippen molar-refractivity contribution in [3.8, 4) is 11.5 Å². The van der Waals surface area contributed by atoms with Crippen molar-refractivity contribution < 1.29 is 14.3 Å². The van der Waals surface area contributed by atoms with Crippen molar-refractivity contribution in [2.45, 2.75) is 44.3 Å². The summed E-state index contributed by atoms with van der Waals surface area (Å²) in [5.74, 6) is 1.20. The molecule has 2 aromatic rings. The molecular weight excluding hydrogens is 481 g/mol. The number of methoxy groups -OCH3 is 1. The molecule has 6 nitrogen and oxygen atoms in total. The fourth-order valence-electron chi connectivity index (χ4n) is 3.24. The molecule has 1 saturated heterocycles. The van der Waals surface area contributed by atoms with E-state index in [-0.39, 0.29) is 11.2 Å². The summed E-state index contributed by atoms with van der Waals surface area (Å²) in [6, 6.07) is 10.9. The Kier molecular flexibility index (Phi) is 9.91. The molecule has 0 radical (unpaired) electrons. The molecular formula is C24H27Cl2N3O3S. The average Bonchev–Trinajstić information content (AvgIpc) is 3.15. The number of benzene rings is 2. The van der Waals surface area contributed by atoms with Gasteiger partial charge in [-0.15, -0.1) is 5.10 Å². The van der Waals surface area contributed by atoms with Gasteiger partial charge in [0, 0.05) is 10.0 Å². The minimum Gasteiger partial charge on any atom is -0.493 e. The number of halogens is 2. The molecule has 9 heteroatoms. The second-order valence-electron chi connectivity index (χ2n) is 7.47. The molecule has 3 rings (SSSR count). The minimum atomic E-state index is -0.370. The highest BCUT2D eigenvalue weighted by molar-refractivity contribution is 8.15. The van der Waals surface area contributed by atoms with Gasteiger partial charge >= 0.3 is 0 Å². The van der Waals surface area contributed by atoms with Crippen molar-refractivity contribution in [1.29, 1.82) is 0 Å². The molecule has 1 fully saturated rings. The van der Waals surface area contributed by atoms with Crippen LogP contribution in [0.25, 0.3) is 0 Å². The van der Waals surface area contributed by atoms with Gasteiger partial charge in [-0.3, -0.25) is 4.79 Å². The van der Waals surface area contributed by atoms with Gasteiger partial charge in [-0.1, -0.05) is 67.2 Å². The van der Waals surface area contributed by atoms with Crippen LogP contribution < -0.4 is 14.8 Å². The van der Waals surface area contributed by atoms with Crippen LogP contribution in [0.1, 0.15) is 43.7 Å². The first-order valence-corrected chi connectivity index (χ1v) is 12.5. The molecule has 0 aromatic heterocycles. The van der Waals surface area contributed by atoms with E-state index in [9.17, 15) is 4.79 Å². The van der Waals surface area contributed by atoms with E-state index >= 15 is 0 Å². The smallest absolute Gasteiger partial charge is 0.239 e. The molecule has 0 bridgehead atoms. The highest BCUT2D eigenvalue weighted by Crippen LogP contribution is 2.31. The summed E-state index contributed by atoms with van der Waals surface area (Å²) in [4.78, 5) is 12.3. The first kappa shape index (κ1) is 25.4. The molecule has 0 aliphatic carbocycles. The molecule has 1 N–H and O–H groups in total. The fraction of sp³-hybridized carbons (Fsp3) is 0.375. The zero-order valence-corrected chi connectivity index (χ0v) is 21.0. The quantitative estimate of drug-likeness (QED) is 0.225. The maximum atomic E-state index is 12.3. The van der Waals surface area contributed by atoms with E-state index in [1.165, 1.54) is 24.6 Å². The van der Waals surface area contributed by atoms with Crippen LogP contribution in [0.15, 0.2) is 46.6 Å². The van der Waals surface area contributed by atoms with Crippen LogP contribution in [0.2, 0.25) is 10.0 Å². The average molecular weight is 508 g/mol. The monoisotopic (exact) mass is 507 g/mol. The largest absolute Gasteiger partial charge is 0.493 e. The third-order valence-electron chi connectivity index (χ3n) is 5.03.